The number of rotatable bonds is 1. The average Bonchev–Trinajstić information content (AvgIpc) is 3.18. The standard InChI is InChI=1S/C41H47BN2/c1-26-22-34-36-35(23-26)44-37-30(40(8)20-10-11-21-41(40,44)9)16-13-17-32(37)42(36)31-19-18-28(39(5,6)7)25-33(31)43(34)29-15-12-14-27(24-29)38(2,3)4/h12-19,22-25H,10-11,20-21H2,1-9H3. The van der Waals surface area contributed by atoms with Crippen molar-refractivity contribution in [3.8, 4) is 0 Å². The molecular formula is C41H47BN2. The van der Waals surface area contributed by atoms with Gasteiger partial charge in [-0.15, -0.1) is 0 Å². The Hall–Kier alpha value is -3.46. The first-order valence-electron chi connectivity index (χ1n) is 16.9. The van der Waals surface area contributed by atoms with Gasteiger partial charge in [0.2, 0.25) is 0 Å². The summed E-state index contributed by atoms with van der Waals surface area (Å²) in [5, 5.41) is 0. The normalized spacial score (nSPS) is 23.2. The van der Waals surface area contributed by atoms with Crippen LogP contribution in [0.3, 0.4) is 0 Å². The summed E-state index contributed by atoms with van der Waals surface area (Å²) < 4.78 is 0. The van der Waals surface area contributed by atoms with Crippen LogP contribution in [-0.4, -0.2) is 12.3 Å². The third kappa shape index (κ3) is 3.56. The summed E-state index contributed by atoms with van der Waals surface area (Å²) in [7, 11) is 0. The van der Waals surface area contributed by atoms with Gasteiger partial charge in [-0.2, -0.15) is 0 Å². The first-order valence-corrected chi connectivity index (χ1v) is 16.9. The van der Waals surface area contributed by atoms with Crippen LogP contribution in [-0.2, 0) is 16.2 Å². The highest BCUT2D eigenvalue weighted by atomic mass is 15.3. The third-order valence-corrected chi connectivity index (χ3v) is 11.9. The van der Waals surface area contributed by atoms with E-state index in [0.29, 0.717) is 0 Å². The summed E-state index contributed by atoms with van der Waals surface area (Å²) in [5.41, 5.74) is 17.2. The van der Waals surface area contributed by atoms with Crippen LogP contribution in [0.2, 0.25) is 0 Å². The fraction of sp³-hybridized carbons (Fsp3) is 0.415. The minimum absolute atomic E-state index is 0.0578. The van der Waals surface area contributed by atoms with Crippen LogP contribution in [0.4, 0.5) is 28.4 Å². The molecule has 1 fully saturated rings. The Bertz CT molecular complexity index is 1860. The lowest BCUT2D eigenvalue weighted by Gasteiger charge is -2.53. The minimum Gasteiger partial charge on any atom is -0.335 e. The highest BCUT2D eigenvalue weighted by Crippen LogP contribution is 2.61. The van der Waals surface area contributed by atoms with Crippen LogP contribution < -0.4 is 26.2 Å². The topological polar surface area (TPSA) is 6.48 Å². The maximum Gasteiger partial charge on any atom is 0.252 e. The van der Waals surface area contributed by atoms with E-state index in [1.807, 2.05) is 0 Å². The van der Waals surface area contributed by atoms with Gasteiger partial charge in [0.15, 0.2) is 0 Å². The van der Waals surface area contributed by atoms with E-state index < -0.39 is 0 Å². The van der Waals surface area contributed by atoms with E-state index in [2.05, 4.69) is 145 Å². The van der Waals surface area contributed by atoms with E-state index in [0.717, 1.165) is 0 Å². The maximum atomic E-state index is 2.83. The van der Waals surface area contributed by atoms with E-state index in [9.17, 15) is 0 Å². The number of fused-ring (bicyclic) bond motifs is 7. The number of aryl methyl sites for hydroxylation is 1. The van der Waals surface area contributed by atoms with Crippen molar-refractivity contribution in [2.24, 2.45) is 0 Å². The number of hydrogen-bond donors (Lipinski definition) is 0. The number of para-hydroxylation sites is 1. The molecule has 0 amide bonds. The second-order valence-corrected chi connectivity index (χ2v) is 16.7. The molecule has 3 heteroatoms. The van der Waals surface area contributed by atoms with Crippen molar-refractivity contribution in [1.82, 2.24) is 0 Å². The minimum atomic E-state index is 0.0578. The molecule has 4 aliphatic rings. The van der Waals surface area contributed by atoms with Gasteiger partial charge in [-0.05, 0) is 106 Å². The van der Waals surface area contributed by atoms with Crippen LogP contribution in [0.5, 0.6) is 0 Å². The Morgan fingerprint density at radius 3 is 2.11 bits per heavy atom. The number of anilines is 5. The molecule has 0 aromatic heterocycles. The van der Waals surface area contributed by atoms with Crippen molar-refractivity contribution < 1.29 is 0 Å². The SMILES string of the molecule is Cc1cc2c3c(c1)N1c4c(cccc4C4(C)CCCCC14C)B3c1ccc(C(C)(C)C)cc1N2c1cccc(C(C)(C)C)c1. The maximum absolute atomic E-state index is 2.83. The number of hydrogen-bond acceptors (Lipinski definition) is 2. The van der Waals surface area contributed by atoms with Gasteiger partial charge < -0.3 is 9.80 Å². The summed E-state index contributed by atoms with van der Waals surface area (Å²) in [5.74, 6) is 0. The molecule has 0 bridgehead atoms. The average molecular weight is 579 g/mol. The Kier molecular flexibility index (Phi) is 5.63. The van der Waals surface area contributed by atoms with Gasteiger partial charge in [0.05, 0.1) is 5.54 Å². The first kappa shape index (κ1) is 28.0. The van der Waals surface area contributed by atoms with Gasteiger partial charge in [0.25, 0.3) is 6.71 Å². The second-order valence-electron chi connectivity index (χ2n) is 16.7. The monoisotopic (exact) mass is 578 g/mol. The fourth-order valence-corrected chi connectivity index (χ4v) is 9.27. The molecule has 0 saturated heterocycles. The number of benzene rings is 4. The zero-order valence-corrected chi connectivity index (χ0v) is 28.2. The van der Waals surface area contributed by atoms with Gasteiger partial charge in [-0.1, -0.05) is 104 Å². The van der Waals surface area contributed by atoms with Crippen LogP contribution in [0.15, 0.2) is 72.8 Å². The summed E-state index contributed by atoms with van der Waals surface area (Å²) in [4.78, 5) is 5.44. The van der Waals surface area contributed by atoms with Gasteiger partial charge in [0.1, 0.15) is 0 Å². The summed E-state index contributed by atoms with van der Waals surface area (Å²) in [6, 6.07) is 28.9. The Morgan fingerprint density at radius 1 is 0.682 bits per heavy atom. The Labute approximate surface area is 265 Å². The van der Waals surface area contributed by atoms with E-state index >= 15 is 0 Å². The van der Waals surface area contributed by atoms with Crippen LogP contribution in [0.25, 0.3) is 0 Å². The molecule has 2 atom stereocenters. The molecule has 224 valence electrons. The molecule has 4 aromatic rings. The van der Waals surface area contributed by atoms with Crippen molar-refractivity contribution in [1.29, 1.82) is 0 Å². The van der Waals surface area contributed by atoms with Crippen molar-refractivity contribution in [3.05, 3.63) is 95.1 Å². The van der Waals surface area contributed by atoms with Gasteiger partial charge in [-0.3, -0.25) is 0 Å². The highest BCUT2D eigenvalue weighted by Gasteiger charge is 2.61. The van der Waals surface area contributed by atoms with Gasteiger partial charge >= 0.3 is 0 Å². The van der Waals surface area contributed by atoms with E-state index in [4.69, 9.17) is 0 Å². The van der Waals surface area contributed by atoms with Crippen molar-refractivity contribution in [2.75, 3.05) is 9.80 Å². The van der Waals surface area contributed by atoms with E-state index in [1.54, 1.807) is 5.56 Å². The Balaban J connectivity index is 1.48. The van der Waals surface area contributed by atoms with Gasteiger partial charge in [-0.25, -0.2) is 0 Å². The fourth-order valence-electron chi connectivity index (χ4n) is 9.27. The quantitative estimate of drug-likeness (QED) is 0.183. The Morgan fingerprint density at radius 2 is 1.36 bits per heavy atom. The zero-order valence-electron chi connectivity index (χ0n) is 28.2. The summed E-state index contributed by atoms with van der Waals surface area (Å²) >= 11 is 0. The molecule has 2 unspecified atom stereocenters. The molecule has 1 aliphatic carbocycles. The van der Waals surface area contributed by atoms with E-state index in [-0.39, 0.29) is 28.5 Å². The summed E-state index contributed by atoms with van der Waals surface area (Å²) in [6.07, 6.45) is 5.10. The second kappa shape index (κ2) is 8.84. The highest BCUT2D eigenvalue weighted by molar-refractivity contribution is 7.00. The molecule has 1 saturated carbocycles. The lowest BCUT2D eigenvalue weighted by Crippen LogP contribution is -2.64. The first-order chi connectivity index (χ1) is 20.7. The largest absolute Gasteiger partial charge is 0.335 e. The molecule has 0 spiro atoms. The summed E-state index contributed by atoms with van der Waals surface area (Å²) in [6.45, 7) is 21.6. The van der Waals surface area contributed by atoms with Crippen molar-refractivity contribution in [3.63, 3.8) is 0 Å². The molecule has 0 N–H and O–H groups in total. The van der Waals surface area contributed by atoms with Crippen molar-refractivity contribution >= 4 is 51.5 Å². The zero-order chi connectivity index (χ0) is 31.0. The van der Waals surface area contributed by atoms with Gasteiger partial charge in [0, 0.05) is 33.9 Å². The lowest BCUT2D eigenvalue weighted by molar-refractivity contribution is 0.195. The molecular weight excluding hydrogens is 531 g/mol. The van der Waals surface area contributed by atoms with Crippen LogP contribution in [0, 0.1) is 6.92 Å². The van der Waals surface area contributed by atoms with E-state index in [1.165, 1.54) is 87.2 Å². The third-order valence-electron chi connectivity index (χ3n) is 11.9. The molecule has 2 nitrogen and oxygen atoms in total. The predicted octanol–water partition coefficient (Wildman–Crippen LogP) is 8.94. The molecule has 8 rings (SSSR count). The molecule has 3 heterocycles. The van der Waals surface area contributed by atoms with Crippen molar-refractivity contribution in [2.45, 2.75) is 110 Å². The molecule has 3 aliphatic heterocycles. The number of nitrogens with zero attached hydrogens (tertiary/aromatic N) is 2. The molecule has 0 radical (unpaired) electrons. The lowest BCUT2D eigenvalue weighted by atomic mass is 9.33. The smallest absolute Gasteiger partial charge is 0.252 e. The predicted molar refractivity (Wildman–Crippen MR) is 191 cm³/mol. The van der Waals surface area contributed by atoms with Crippen LogP contribution >= 0.6 is 0 Å². The molecule has 4 aromatic carbocycles. The molecule has 44 heavy (non-hydrogen) atoms. The van der Waals surface area contributed by atoms with Crippen LogP contribution in [0.1, 0.15) is 103 Å².